The topological polar surface area (TPSA) is 45.5 Å². The molecule has 5 heterocycles. The van der Waals surface area contributed by atoms with Crippen molar-refractivity contribution in [3.8, 4) is 123 Å². The van der Waals surface area contributed by atoms with Gasteiger partial charge < -0.3 is 18.3 Å². The third kappa shape index (κ3) is 11.7. The average molecular weight is 1540 g/mol. The smallest absolute Gasteiger partial charge is 0.160 e. The summed E-state index contributed by atoms with van der Waals surface area (Å²) in [5.41, 5.74) is 31.5. The summed E-state index contributed by atoms with van der Waals surface area (Å²) >= 11 is 0. The van der Waals surface area contributed by atoms with Crippen LogP contribution >= 0.6 is 0 Å². The quantitative estimate of drug-likeness (QED) is 0.108. The van der Waals surface area contributed by atoms with Crippen molar-refractivity contribution in [2.75, 3.05) is 0 Å². The first kappa shape index (κ1) is 69.2. The maximum Gasteiger partial charge on any atom is 0.160 e. The van der Waals surface area contributed by atoms with Crippen LogP contribution in [0.2, 0.25) is 0 Å². The summed E-state index contributed by atoms with van der Waals surface area (Å²) < 4.78 is 24.9. The van der Waals surface area contributed by atoms with E-state index in [-0.39, 0.29) is 5.82 Å². The highest BCUT2D eigenvalue weighted by molar-refractivity contribution is 6.18. The van der Waals surface area contributed by atoms with Crippen LogP contribution in [0.15, 0.2) is 431 Å². The summed E-state index contributed by atoms with van der Waals surface area (Å²) in [5, 5.41) is 12.3. The Morgan fingerprint density at radius 2 is 0.463 bits per heavy atom. The van der Waals surface area contributed by atoms with Gasteiger partial charge in [-0.25, -0.2) is 14.4 Å². The van der Waals surface area contributed by atoms with Gasteiger partial charge in [-0.1, -0.05) is 267 Å². The Morgan fingerprint density at radius 1 is 0.174 bits per heavy atom. The Labute approximate surface area is 696 Å². The predicted octanol–water partition coefficient (Wildman–Crippen LogP) is 30.3. The summed E-state index contributed by atoms with van der Waals surface area (Å²) in [6.07, 6.45) is 0. The zero-order chi connectivity index (χ0) is 79.8. The molecule has 5 aromatic heterocycles. The average Bonchev–Trinajstić information content (AvgIpc) is 1.57. The molecular weight excluding hydrogens is 1470 g/mol. The summed E-state index contributed by atoms with van der Waals surface area (Å²) in [4.78, 5) is 11.4. The van der Waals surface area contributed by atoms with Crippen molar-refractivity contribution in [2.45, 2.75) is 0 Å². The number of halogens is 1. The molecule has 0 aliphatic rings. The lowest BCUT2D eigenvalue weighted by Gasteiger charge is -2.18. The van der Waals surface area contributed by atoms with E-state index in [9.17, 15) is 0 Å². The molecule has 19 aromatic carbocycles. The van der Waals surface area contributed by atoms with Crippen LogP contribution in [-0.2, 0) is 0 Å². The van der Waals surface area contributed by atoms with Crippen LogP contribution in [0.25, 0.3) is 232 Å². The number of aromatic nitrogens is 6. The third-order valence-electron chi connectivity index (χ3n) is 24.7. The molecule has 24 rings (SSSR count). The summed E-state index contributed by atoms with van der Waals surface area (Å²) in [6.45, 7) is 0. The summed E-state index contributed by atoms with van der Waals surface area (Å²) in [6, 6.07) is 155. The van der Waals surface area contributed by atoms with Gasteiger partial charge in [0.05, 0.1) is 55.3 Å². The Morgan fingerprint density at radius 3 is 0.826 bits per heavy atom. The number of hydrogen-bond donors (Lipinski definition) is 0. The van der Waals surface area contributed by atoms with Crippen LogP contribution in [0.3, 0.4) is 0 Å². The largest absolute Gasteiger partial charge is 0.309 e. The van der Waals surface area contributed by atoms with Crippen molar-refractivity contribution in [3.05, 3.63) is 437 Å². The molecule has 24 aromatic rings. The Balaban J connectivity index is 0.760. The minimum absolute atomic E-state index is 0.297. The van der Waals surface area contributed by atoms with E-state index >= 15 is 4.39 Å². The number of hydrogen-bond acceptors (Lipinski definition) is 2. The van der Waals surface area contributed by atoms with Crippen LogP contribution < -0.4 is 0 Å². The third-order valence-corrected chi connectivity index (χ3v) is 24.7. The van der Waals surface area contributed by atoms with Gasteiger partial charge in [-0.05, 0) is 252 Å². The normalized spacial score (nSPS) is 11.8. The molecule has 0 radical (unpaired) electrons. The fourth-order valence-electron chi connectivity index (χ4n) is 19.1. The molecule has 0 aliphatic carbocycles. The lowest BCUT2D eigenvalue weighted by molar-refractivity contribution is 0.628. The molecule has 0 atom stereocenters. The second kappa shape index (κ2) is 28.1. The molecular formula is C114H71FN6. The van der Waals surface area contributed by atoms with E-state index in [0.29, 0.717) is 5.82 Å². The van der Waals surface area contributed by atoms with E-state index in [1.165, 1.54) is 49.9 Å². The van der Waals surface area contributed by atoms with Crippen LogP contribution in [0.5, 0.6) is 0 Å². The van der Waals surface area contributed by atoms with Gasteiger partial charge >= 0.3 is 0 Å². The molecule has 0 fully saturated rings. The highest BCUT2D eigenvalue weighted by Gasteiger charge is 2.25. The van der Waals surface area contributed by atoms with Crippen LogP contribution in [0.4, 0.5) is 4.39 Å². The monoisotopic (exact) mass is 1540 g/mol. The Bertz CT molecular complexity index is 7930. The minimum atomic E-state index is -0.297. The SMILES string of the molecule is Fc1cccc(-c2cccc(-c3nc(-c4cc(-n5c6ccc(-c7ccccc7)cc6c6cc(-c7ccc8c(c7)c7cc(-c9ccccc9)ccc7n8-c7ccccc7)ccc65)cc(-n5c6ccc(-c7ccccc7)cc6c6cc(-c7ccc8c(c7)c7cc(-c9ccccc9)ccc7n8-c7ccccc7)ccc65)c4)c4c(ccc5ccccc54)n3)c2)c1. The first-order chi connectivity index (χ1) is 59.9. The van der Waals surface area contributed by atoms with Crippen LogP contribution in [0, 0.1) is 5.82 Å². The van der Waals surface area contributed by atoms with Gasteiger partial charge in [-0.2, -0.15) is 0 Å². The summed E-state index contributed by atoms with van der Waals surface area (Å²) in [5.74, 6) is 0.256. The first-order valence-electron chi connectivity index (χ1n) is 41.2. The van der Waals surface area contributed by atoms with Crippen molar-refractivity contribution >= 4 is 109 Å². The van der Waals surface area contributed by atoms with E-state index in [4.69, 9.17) is 9.97 Å². The zero-order valence-electron chi connectivity index (χ0n) is 65.6. The molecule has 121 heavy (non-hydrogen) atoms. The molecule has 6 nitrogen and oxygen atoms in total. The van der Waals surface area contributed by atoms with Crippen LogP contribution in [0.1, 0.15) is 0 Å². The number of para-hydroxylation sites is 2. The lowest BCUT2D eigenvalue weighted by Crippen LogP contribution is -2.02. The second-order valence-corrected chi connectivity index (χ2v) is 31.7. The Kier molecular flexibility index (Phi) is 16.1. The molecule has 0 bridgehead atoms. The van der Waals surface area contributed by atoms with Crippen molar-refractivity contribution in [1.29, 1.82) is 0 Å². The molecule has 0 unspecified atom stereocenters. The van der Waals surface area contributed by atoms with Crippen molar-refractivity contribution in [2.24, 2.45) is 0 Å². The number of rotatable bonds is 13. The number of benzene rings is 19. The van der Waals surface area contributed by atoms with Gasteiger partial charge in [0.1, 0.15) is 5.82 Å². The van der Waals surface area contributed by atoms with E-state index < -0.39 is 0 Å². The highest BCUT2D eigenvalue weighted by Crippen LogP contribution is 2.47. The van der Waals surface area contributed by atoms with Gasteiger partial charge in [0.2, 0.25) is 0 Å². The van der Waals surface area contributed by atoms with Crippen molar-refractivity contribution in [3.63, 3.8) is 0 Å². The van der Waals surface area contributed by atoms with E-state index in [1.54, 1.807) is 12.1 Å². The highest BCUT2D eigenvalue weighted by atomic mass is 19.1. The van der Waals surface area contributed by atoms with Gasteiger partial charge in [0.15, 0.2) is 5.82 Å². The zero-order valence-corrected chi connectivity index (χ0v) is 65.6. The van der Waals surface area contributed by atoms with E-state index in [2.05, 4.69) is 413 Å². The molecule has 7 heteroatoms. The fraction of sp³-hybridized carbons (Fsp3) is 0. The molecule has 0 N–H and O–H groups in total. The lowest BCUT2D eigenvalue weighted by atomic mass is 9.98. The molecule has 0 saturated heterocycles. The van der Waals surface area contributed by atoms with E-state index in [0.717, 1.165) is 183 Å². The molecule has 0 aliphatic heterocycles. The summed E-state index contributed by atoms with van der Waals surface area (Å²) in [7, 11) is 0. The molecule has 0 amide bonds. The van der Waals surface area contributed by atoms with Gasteiger partial charge in [-0.15, -0.1) is 0 Å². The molecule has 0 spiro atoms. The van der Waals surface area contributed by atoms with Crippen molar-refractivity contribution < 1.29 is 4.39 Å². The van der Waals surface area contributed by atoms with E-state index in [1.807, 2.05) is 18.2 Å². The second-order valence-electron chi connectivity index (χ2n) is 31.7. The van der Waals surface area contributed by atoms with Crippen molar-refractivity contribution in [1.82, 2.24) is 28.2 Å². The standard InChI is InChI=1S/C114H71FN6/c115-89-35-22-33-78(60-89)77-32-21-34-87(59-77)114-116-103-50-41-76-31-19-20-40-94(76)112(103)113(117-114)88-61-92(120-108-53-44-81(74-27-11-3-12-28-74)65-97(108)101-69-85(48-57-110(101)120)83-46-55-106-99(67-83)95-63-79(72-23-7-1-8-24-72)42-51-104(95)118(106)90-36-15-5-16-37-90)71-93(62-88)121-109-54-45-82(75-29-13-4-14-30-75)66-98(109)102-70-86(49-58-111(102)121)84-47-56-107-100(68-84)96-64-80(73-25-9-2-10-26-73)43-52-105(96)119(107)91-38-17-6-18-39-91/h1-71H. The van der Waals surface area contributed by atoms with Gasteiger partial charge in [-0.3, -0.25) is 0 Å². The Hall–Kier alpha value is -16.1. The molecule has 0 saturated carbocycles. The first-order valence-corrected chi connectivity index (χ1v) is 41.2. The minimum Gasteiger partial charge on any atom is -0.309 e. The maximum absolute atomic E-state index is 15.1. The van der Waals surface area contributed by atoms with Gasteiger partial charge in [0, 0.05) is 82.4 Å². The maximum atomic E-state index is 15.1. The fourth-order valence-corrected chi connectivity index (χ4v) is 19.1. The number of nitrogens with zero attached hydrogens (tertiary/aromatic N) is 6. The predicted molar refractivity (Wildman–Crippen MR) is 503 cm³/mol. The van der Waals surface area contributed by atoms with Gasteiger partial charge in [0.25, 0.3) is 0 Å². The number of fused-ring (bicyclic) bond motifs is 15. The molecule has 564 valence electrons. The van der Waals surface area contributed by atoms with Crippen LogP contribution in [-0.4, -0.2) is 28.2 Å².